The Kier molecular flexibility index (Phi) is 13.9. The van der Waals surface area contributed by atoms with E-state index in [4.69, 9.17) is 17.7 Å². The molecule has 0 aliphatic carbocycles. The van der Waals surface area contributed by atoms with Crippen LogP contribution in [0.25, 0.3) is 247 Å². The normalized spacial score (nSPS) is 12.2. The number of aromatic nitrogens is 6. The molecule has 0 aliphatic rings. The maximum absolute atomic E-state index is 7.24. The quantitative estimate of drug-likeness (QED) is 0.186. The highest BCUT2D eigenvalue weighted by Crippen LogP contribution is 2.49. The number of hydrogen-bond donors (Lipinski definition) is 1. The number of benzene rings is 18. The van der Waals surface area contributed by atoms with Crippen molar-refractivity contribution in [1.82, 2.24) is 27.8 Å². The number of nitrogens with one attached hydrogen (secondary N) is 1. The van der Waals surface area contributed by atoms with E-state index in [2.05, 4.69) is 390 Å². The van der Waals surface area contributed by atoms with Crippen molar-refractivity contribution in [3.8, 4) is 28.4 Å². The maximum Gasteiger partial charge on any atom is 0.145 e. The molecule has 10 aromatic heterocycles. The zero-order valence-electron chi connectivity index (χ0n) is 63.5. The molecule has 119 heavy (non-hydrogen) atoms. The molecule has 0 spiro atoms. The van der Waals surface area contributed by atoms with Crippen LogP contribution < -0.4 is 0 Å². The molecule has 0 fully saturated rings. The average Bonchev–Trinajstić information content (AvgIpc) is 1.55. The molecule has 18 aromatic carbocycles. The van der Waals surface area contributed by atoms with E-state index in [0.717, 1.165) is 186 Å². The van der Waals surface area contributed by atoms with E-state index in [1.54, 1.807) is 0 Å². The van der Waals surface area contributed by atoms with Crippen LogP contribution in [-0.2, 0) is 0 Å². The van der Waals surface area contributed by atoms with E-state index >= 15 is 0 Å². The molecule has 0 atom stereocenters. The molecule has 0 saturated heterocycles. The second-order valence-electron chi connectivity index (χ2n) is 31.1. The van der Waals surface area contributed by atoms with Gasteiger partial charge in [0.25, 0.3) is 0 Å². The first kappa shape index (κ1) is 65.8. The zero-order chi connectivity index (χ0) is 77.8. The Balaban J connectivity index is 0.000000109. The molecule has 10 heterocycles. The number of furan rings is 4. The summed E-state index contributed by atoms with van der Waals surface area (Å²) >= 11 is 3.57. The summed E-state index contributed by atoms with van der Waals surface area (Å²) in [5.74, 6) is 0. The lowest BCUT2D eigenvalue weighted by Crippen LogP contribution is -1.95. The zero-order valence-corrected chi connectivity index (χ0v) is 65.1. The van der Waals surface area contributed by atoms with Crippen LogP contribution >= 0.6 is 15.9 Å². The SMILES string of the molecule is Brc1ccc2c(c1)c1ccccc1n2-c1ccccc1.c1ccc(-n2c3ccccc3c3cc(-n4c5ccccc5c5c6oc7c(ccc8c7c7ccccc7n8-c7ccc8oc9ccccc9c8c7)c6ccc54)ccc32)cc1.c1ccc2c(c1)[nH]c1ccc3c4ccc5c(c6ccccc6n5-c5ccc6oc7ccccc7c6c5)c4oc3c12. The van der Waals surface area contributed by atoms with Gasteiger partial charge in [0, 0.05) is 125 Å². The first-order chi connectivity index (χ1) is 59.0. The van der Waals surface area contributed by atoms with Crippen molar-refractivity contribution < 1.29 is 17.7 Å². The lowest BCUT2D eigenvalue weighted by Gasteiger charge is -2.10. The predicted octanol–water partition coefficient (Wildman–Crippen LogP) is 30.5. The number of hydrogen-bond acceptors (Lipinski definition) is 4. The van der Waals surface area contributed by atoms with Crippen molar-refractivity contribution in [2.75, 3.05) is 0 Å². The minimum absolute atomic E-state index is 0.887. The van der Waals surface area contributed by atoms with Gasteiger partial charge in [0.05, 0.1) is 82.2 Å². The van der Waals surface area contributed by atoms with Crippen LogP contribution in [0.4, 0.5) is 0 Å². The lowest BCUT2D eigenvalue weighted by atomic mass is 10.1. The van der Waals surface area contributed by atoms with Gasteiger partial charge in [-0.3, -0.25) is 0 Å². The molecular weight excluding hydrogens is 1530 g/mol. The Hall–Kier alpha value is -15.6. The minimum atomic E-state index is 0.887. The van der Waals surface area contributed by atoms with Crippen LogP contribution in [0, 0.1) is 0 Å². The van der Waals surface area contributed by atoms with Crippen LogP contribution in [0.5, 0.6) is 0 Å². The topological polar surface area (TPSA) is 93.0 Å². The van der Waals surface area contributed by atoms with Crippen LogP contribution in [-0.4, -0.2) is 27.8 Å². The van der Waals surface area contributed by atoms with Crippen LogP contribution in [0.1, 0.15) is 0 Å². The fraction of sp³-hybridized carbons (Fsp3) is 0. The largest absolute Gasteiger partial charge is 0.456 e. The first-order valence-electron chi connectivity index (χ1n) is 40.2. The molecule has 0 amide bonds. The van der Waals surface area contributed by atoms with E-state index < -0.39 is 0 Å². The summed E-state index contributed by atoms with van der Waals surface area (Å²) in [6, 6.07) is 134. The Labute approximate surface area is 684 Å². The number of nitrogens with zero attached hydrogens (tertiary/aromatic N) is 5. The van der Waals surface area contributed by atoms with E-state index in [1.807, 2.05) is 30.3 Å². The van der Waals surface area contributed by atoms with Gasteiger partial charge in [0.1, 0.15) is 44.7 Å². The summed E-state index contributed by atoms with van der Waals surface area (Å²) in [6.07, 6.45) is 0. The van der Waals surface area contributed by atoms with Crippen LogP contribution in [0.2, 0.25) is 0 Å². The Morgan fingerprint density at radius 1 is 0.176 bits per heavy atom. The summed E-state index contributed by atoms with van der Waals surface area (Å²) in [7, 11) is 0. The van der Waals surface area contributed by atoms with Crippen LogP contribution in [0.15, 0.2) is 398 Å². The summed E-state index contributed by atoms with van der Waals surface area (Å²) in [6.45, 7) is 0. The molecular formula is C108H63BrN6O4. The summed E-state index contributed by atoms with van der Waals surface area (Å²) in [5, 5.41) is 23.2. The summed E-state index contributed by atoms with van der Waals surface area (Å²) < 4.78 is 39.4. The molecule has 28 rings (SSSR count). The van der Waals surface area contributed by atoms with Gasteiger partial charge in [-0.15, -0.1) is 0 Å². The maximum atomic E-state index is 7.24. The van der Waals surface area contributed by atoms with E-state index in [1.165, 1.54) is 65.5 Å². The van der Waals surface area contributed by atoms with Gasteiger partial charge in [0.2, 0.25) is 0 Å². The summed E-state index contributed by atoms with van der Waals surface area (Å²) in [4.78, 5) is 3.56. The van der Waals surface area contributed by atoms with Gasteiger partial charge in [-0.25, -0.2) is 0 Å². The van der Waals surface area contributed by atoms with Crippen molar-refractivity contribution in [3.63, 3.8) is 0 Å². The summed E-state index contributed by atoms with van der Waals surface area (Å²) in [5.41, 5.74) is 26.7. The third-order valence-electron chi connectivity index (χ3n) is 24.8. The van der Waals surface area contributed by atoms with Gasteiger partial charge >= 0.3 is 0 Å². The molecule has 556 valence electrons. The Morgan fingerprint density at radius 3 is 0.950 bits per heavy atom. The van der Waals surface area contributed by atoms with E-state index in [9.17, 15) is 0 Å². The van der Waals surface area contributed by atoms with Gasteiger partial charge in [-0.2, -0.15) is 0 Å². The van der Waals surface area contributed by atoms with Crippen molar-refractivity contribution in [2.24, 2.45) is 0 Å². The molecule has 10 nitrogen and oxygen atoms in total. The fourth-order valence-corrected chi connectivity index (χ4v) is 20.1. The smallest absolute Gasteiger partial charge is 0.145 e. The number of halogens is 1. The molecule has 28 aromatic rings. The van der Waals surface area contributed by atoms with E-state index in [-0.39, 0.29) is 0 Å². The third kappa shape index (κ3) is 9.58. The average molecular weight is 1590 g/mol. The Bertz CT molecular complexity index is 9170. The standard InChI is InChI=1S/C54H31N3O2.C36H20N2O2.C18H12BrN/c1-2-12-32(13-3-1)55-43-18-8-4-14-35(43)41-30-33(22-26-46(41)55)56-44-19-9-5-16-39(44)51-47(56)27-24-37-38-25-28-48-52(54(38)59-53(37)51)40-17-6-10-20-45(40)57(48)34-23-29-50-42(31-34)36-15-7-11-21-49(36)58-50;1-4-10-27-24(8-1)33-28(37-27)16-14-22-23-15-17-30-34(36(23)40-35(22)33)25-9-2-5-11-29(25)38(30)20-13-18-32-26(19-20)21-7-3-6-12-31(21)39-32;19-13-10-11-18-16(12-13)15-8-4-5-9-17(15)20(18)14-6-2-1-3-7-14/h1-31H;1-19,37H;1-12H. The molecule has 0 aliphatic heterocycles. The van der Waals surface area contributed by atoms with Gasteiger partial charge in [-0.05, 0) is 194 Å². The van der Waals surface area contributed by atoms with E-state index in [0.29, 0.717) is 0 Å². The molecule has 0 radical (unpaired) electrons. The first-order valence-corrected chi connectivity index (χ1v) is 41.0. The highest BCUT2D eigenvalue weighted by atomic mass is 79.9. The second kappa shape index (κ2) is 25.2. The lowest BCUT2D eigenvalue weighted by molar-refractivity contribution is 0.668. The number of para-hydroxylation sites is 10. The number of H-pyrrole nitrogens is 1. The van der Waals surface area contributed by atoms with Crippen molar-refractivity contribution in [3.05, 3.63) is 381 Å². The van der Waals surface area contributed by atoms with Crippen LogP contribution in [0.3, 0.4) is 0 Å². The number of aromatic amines is 1. The van der Waals surface area contributed by atoms with Crippen molar-refractivity contribution in [2.45, 2.75) is 0 Å². The molecule has 0 bridgehead atoms. The predicted molar refractivity (Wildman–Crippen MR) is 497 cm³/mol. The van der Waals surface area contributed by atoms with Gasteiger partial charge in [0.15, 0.2) is 0 Å². The monoisotopic (exact) mass is 1590 g/mol. The minimum Gasteiger partial charge on any atom is -0.456 e. The highest BCUT2D eigenvalue weighted by Gasteiger charge is 2.27. The van der Waals surface area contributed by atoms with Crippen molar-refractivity contribution in [1.29, 1.82) is 0 Å². The molecule has 11 heteroatoms. The Morgan fingerprint density at radius 2 is 0.487 bits per heavy atom. The van der Waals surface area contributed by atoms with Gasteiger partial charge < -0.3 is 45.5 Å². The van der Waals surface area contributed by atoms with Gasteiger partial charge in [-0.1, -0.05) is 198 Å². The molecule has 1 N–H and O–H groups in total. The third-order valence-corrected chi connectivity index (χ3v) is 25.3. The molecule has 0 saturated carbocycles. The highest BCUT2D eigenvalue weighted by molar-refractivity contribution is 9.10. The van der Waals surface area contributed by atoms with Crippen molar-refractivity contribution >= 4 is 235 Å². The second-order valence-corrected chi connectivity index (χ2v) is 32.0. The number of rotatable bonds is 5. The fourth-order valence-electron chi connectivity index (χ4n) is 19.8. The molecule has 0 unspecified atom stereocenters. The number of fused-ring (bicyclic) bond motifs is 34.